The van der Waals surface area contributed by atoms with Crippen LogP contribution in [0.15, 0.2) is 0 Å². The molecular formula is C24H30O18Rh2. The van der Waals surface area contributed by atoms with Crippen molar-refractivity contribution in [3.05, 3.63) is 0 Å². The molecule has 0 unspecified atom stereocenters. The van der Waals surface area contributed by atoms with Gasteiger partial charge in [-0.15, -0.1) is 0 Å². The fourth-order valence-electron chi connectivity index (χ4n) is 4.62. The van der Waals surface area contributed by atoms with Crippen molar-refractivity contribution in [2.24, 2.45) is 0 Å². The Morgan fingerprint density at radius 2 is 0.386 bits per heavy atom. The maximum Gasteiger partial charge on any atom is 3.00 e. The Morgan fingerprint density at radius 3 is 0.455 bits per heavy atom. The molecule has 0 aromatic carbocycles. The van der Waals surface area contributed by atoms with E-state index in [-0.39, 0.29) is 39.0 Å². The standard InChI is InChI=1S/3C8H12O6.2Rh/c3*9-7(10)13-5-1-2-6(4-3-5)14-8(11)12;;/h3*5-6H,1-4H2,(H,9,10)(H,11,12);;/q;;;2*+3/p-6/t5-,6-;;;;. The van der Waals surface area contributed by atoms with E-state index in [0.717, 1.165) is 0 Å². The molecular weight excluding hydrogens is 782 g/mol. The largest absolute Gasteiger partial charge is 3.00 e. The Morgan fingerprint density at radius 1 is 0.295 bits per heavy atom. The van der Waals surface area contributed by atoms with Crippen LogP contribution in [0.1, 0.15) is 77.0 Å². The van der Waals surface area contributed by atoms with Gasteiger partial charge in [-0.1, -0.05) is 0 Å². The van der Waals surface area contributed by atoms with Gasteiger partial charge in [0.05, 0.1) is 0 Å². The summed E-state index contributed by atoms with van der Waals surface area (Å²) in [6.07, 6.45) is -6.29. The Bertz CT molecular complexity index is 707. The maximum absolute atomic E-state index is 10.1. The number of carbonyl (C=O) groups excluding carboxylic acids is 6. The Kier molecular flexibility index (Phi) is 22.7. The molecule has 0 spiro atoms. The zero-order valence-corrected chi connectivity index (χ0v) is 26.2. The monoisotopic (exact) mass is 812 g/mol. The molecule has 0 aromatic heterocycles. The molecule has 3 aliphatic carbocycles. The molecule has 0 N–H and O–H groups in total. The van der Waals surface area contributed by atoms with Gasteiger partial charge >= 0.3 is 39.0 Å². The van der Waals surface area contributed by atoms with Crippen LogP contribution in [0.3, 0.4) is 0 Å². The van der Waals surface area contributed by atoms with Crippen molar-refractivity contribution in [1.82, 2.24) is 0 Å². The van der Waals surface area contributed by atoms with Gasteiger partial charge in [-0.05, 0) is 77.0 Å². The molecule has 0 radical (unpaired) electrons. The predicted octanol–water partition coefficient (Wildman–Crippen LogP) is -2.95. The van der Waals surface area contributed by atoms with Crippen LogP contribution in [-0.4, -0.2) is 73.6 Å². The first-order valence-electron chi connectivity index (χ1n) is 13.0. The van der Waals surface area contributed by atoms with Crippen LogP contribution in [0, 0.1) is 0 Å². The number of ether oxygens (including phenoxy) is 6. The summed E-state index contributed by atoms with van der Waals surface area (Å²) in [5.74, 6) is 0. The van der Waals surface area contributed by atoms with E-state index >= 15 is 0 Å². The normalized spacial score (nSPS) is 25.4. The molecule has 0 amide bonds. The molecule has 0 aromatic rings. The van der Waals surface area contributed by atoms with Crippen molar-refractivity contribution in [3.8, 4) is 0 Å². The first kappa shape index (κ1) is 43.0. The second-order valence-corrected chi connectivity index (χ2v) is 9.40. The van der Waals surface area contributed by atoms with Gasteiger partial charge in [0.1, 0.15) is 0 Å². The molecule has 3 fully saturated rings. The van der Waals surface area contributed by atoms with Crippen molar-refractivity contribution in [2.45, 2.75) is 114 Å². The van der Waals surface area contributed by atoms with Crippen LogP contribution in [0.5, 0.6) is 0 Å². The predicted molar refractivity (Wildman–Crippen MR) is 117 cm³/mol. The number of rotatable bonds is 6. The summed E-state index contributed by atoms with van der Waals surface area (Å²) in [5, 5.41) is 60.3. The summed E-state index contributed by atoms with van der Waals surface area (Å²) < 4.78 is 26.6. The Hall–Kier alpha value is -3.13. The molecule has 3 saturated carbocycles. The maximum atomic E-state index is 10.1. The van der Waals surface area contributed by atoms with E-state index in [4.69, 9.17) is 0 Å². The van der Waals surface area contributed by atoms with E-state index in [1.54, 1.807) is 0 Å². The van der Waals surface area contributed by atoms with Gasteiger partial charge in [0.2, 0.25) is 0 Å². The van der Waals surface area contributed by atoms with Gasteiger partial charge in [0, 0.05) is 36.6 Å². The van der Waals surface area contributed by atoms with Crippen molar-refractivity contribution in [3.63, 3.8) is 0 Å². The zero-order valence-electron chi connectivity index (χ0n) is 23.0. The Labute approximate surface area is 276 Å². The van der Waals surface area contributed by atoms with Crippen molar-refractivity contribution >= 4 is 36.9 Å². The van der Waals surface area contributed by atoms with Gasteiger partial charge < -0.3 is 87.8 Å². The summed E-state index contributed by atoms with van der Waals surface area (Å²) in [6.45, 7) is 0. The molecule has 0 bridgehead atoms. The molecule has 0 aliphatic heterocycles. The molecule has 0 heterocycles. The van der Waals surface area contributed by atoms with E-state index in [0.29, 0.717) is 77.0 Å². The number of carboxylic acid groups (broad SMARTS) is 6. The summed E-state index contributed by atoms with van der Waals surface area (Å²) >= 11 is 0. The quantitative estimate of drug-likeness (QED) is 0.147. The third-order valence-corrected chi connectivity index (χ3v) is 6.44. The molecule has 252 valence electrons. The van der Waals surface area contributed by atoms with Gasteiger partial charge in [-0.3, -0.25) is 0 Å². The topological polar surface area (TPSA) is 296 Å². The minimum Gasteiger partial charge on any atom is -0.546 e. The van der Waals surface area contributed by atoms with Gasteiger partial charge in [0.25, 0.3) is 36.9 Å². The Balaban J connectivity index is 0. The molecule has 3 rings (SSSR count). The van der Waals surface area contributed by atoms with E-state index in [1.807, 2.05) is 0 Å². The van der Waals surface area contributed by atoms with E-state index in [9.17, 15) is 59.4 Å². The van der Waals surface area contributed by atoms with E-state index in [1.165, 1.54) is 0 Å². The van der Waals surface area contributed by atoms with Crippen LogP contribution < -0.4 is 30.6 Å². The van der Waals surface area contributed by atoms with E-state index in [2.05, 4.69) is 28.4 Å². The number of hydrogen-bond acceptors (Lipinski definition) is 18. The third kappa shape index (κ3) is 21.5. The first-order valence-corrected chi connectivity index (χ1v) is 13.0. The summed E-state index contributed by atoms with van der Waals surface area (Å²) in [4.78, 5) is 60.3. The van der Waals surface area contributed by atoms with Crippen LogP contribution in [0.2, 0.25) is 0 Å². The van der Waals surface area contributed by atoms with Crippen molar-refractivity contribution in [1.29, 1.82) is 0 Å². The number of carbonyl (C=O) groups is 6. The third-order valence-electron chi connectivity index (χ3n) is 6.44. The minimum absolute atomic E-state index is 0. The molecule has 3 aliphatic rings. The zero-order chi connectivity index (χ0) is 31.7. The molecule has 20 heteroatoms. The molecule has 0 saturated heterocycles. The summed E-state index contributed by atoms with van der Waals surface area (Å²) in [6, 6.07) is 0. The first-order chi connectivity index (χ1) is 19.7. The average molecular weight is 812 g/mol. The van der Waals surface area contributed by atoms with Gasteiger partial charge in [0.15, 0.2) is 0 Å². The second kappa shape index (κ2) is 23.3. The van der Waals surface area contributed by atoms with Crippen LogP contribution >= 0.6 is 0 Å². The molecule has 0 atom stereocenters. The molecule has 44 heavy (non-hydrogen) atoms. The van der Waals surface area contributed by atoms with Crippen molar-refractivity contribution < 1.29 is 127 Å². The average Bonchev–Trinajstić information content (AvgIpc) is 2.87. The van der Waals surface area contributed by atoms with Crippen LogP contribution in [0.4, 0.5) is 28.8 Å². The van der Waals surface area contributed by atoms with Crippen molar-refractivity contribution in [2.75, 3.05) is 0 Å². The fraction of sp³-hybridized carbons (Fsp3) is 0.750. The molecule has 18 nitrogen and oxygen atoms in total. The second-order valence-electron chi connectivity index (χ2n) is 9.40. The smallest absolute Gasteiger partial charge is 0.546 e. The SMILES string of the molecule is O=C([O-])OC1CCC(OC(=O)[O-])CC1.O=C([O-])OC1CCC(OC(=O)[O-])CC1.O=C([O-])O[C@H]1CC[C@H](OC(=O)[O-])CC1.[Rh+3].[Rh+3]. The van der Waals surface area contributed by atoms with Gasteiger partial charge in [-0.2, -0.15) is 0 Å². The number of hydrogen-bond donors (Lipinski definition) is 0. The minimum atomic E-state index is -1.55. The summed E-state index contributed by atoms with van der Waals surface area (Å²) in [5.41, 5.74) is 0. The van der Waals surface area contributed by atoms with Crippen LogP contribution in [-0.2, 0) is 67.4 Å². The van der Waals surface area contributed by atoms with E-state index < -0.39 is 73.6 Å². The fourth-order valence-corrected chi connectivity index (χ4v) is 4.62. The van der Waals surface area contributed by atoms with Gasteiger partial charge in [-0.25, -0.2) is 0 Å². The van der Waals surface area contributed by atoms with Crippen LogP contribution in [0.25, 0.3) is 0 Å². The summed E-state index contributed by atoms with van der Waals surface area (Å²) in [7, 11) is 0.